The van der Waals surface area contributed by atoms with Gasteiger partial charge in [0.05, 0.1) is 18.2 Å². The highest BCUT2D eigenvalue weighted by atomic mass is 35.5. The van der Waals surface area contributed by atoms with Crippen LogP contribution >= 0.6 is 11.6 Å². The predicted molar refractivity (Wildman–Crippen MR) is 102 cm³/mol. The second-order valence-corrected chi connectivity index (χ2v) is 8.08. The molecule has 0 radical (unpaired) electrons. The third-order valence-electron chi connectivity index (χ3n) is 5.62. The summed E-state index contributed by atoms with van der Waals surface area (Å²) < 4.78 is 48.0. The molecule has 1 amide bonds. The number of piperidine rings is 1. The third-order valence-corrected chi connectivity index (χ3v) is 5.85. The van der Waals surface area contributed by atoms with Gasteiger partial charge in [-0.3, -0.25) is 9.69 Å². The van der Waals surface area contributed by atoms with Gasteiger partial charge in [0.15, 0.2) is 0 Å². The first-order chi connectivity index (χ1) is 13.8. The van der Waals surface area contributed by atoms with Crippen molar-refractivity contribution < 1.29 is 27.8 Å². The monoisotopic (exact) mass is 428 g/mol. The van der Waals surface area contributed by atoms with Crippen LogP contribution in [-0.4, -0.2) is 53.4 Å². The fourth-order valence-electron chi connectivity index (χ4n) is 4.00. The summed E-state index contributed by atoms with van der Waals surface area (Å²) in [5.41, 5.74) is -0.661. The van der Waals surface area contributed by atoms with Gasteiger partial charge < -0.3 is 15.2 Å². The van der Waals surface area contributed by atoms with Crippen molar-refractivity contribution in [2.45, 2.75) is 37.1 Å². The van der Waals surface area contributed by atoms with Crippen LogP contribution in [0.25, 0.3) is 0 Å². The normalized spacial score (nSPS) is 26.4. The van der Waals surface area contributed by atoms with E-state index in [0.717, 1.165) is 6.08 Å². The number of hydrogen-bond donors (Lipinski definition) is 2. The van der Waals surface area contributed by atoms with Gasteiger partial charge in [-0.1, -0.05) is 11.6 Å². The number of benzene rings is 1. The number of anilines is 1. The molecule has 3 aliphatic rings. The first-order valence-electron chi connectivity index (χ1n) is 9.35. The number of amides is 1. The molecule has 4 rings (SSSR count). The molecule has 0 aromatic heterocycles. The lowest BCUT2D eigenvalue weighted by molar-refractivity contribution is -0.115. The Bertz CT molecular complexity index is 897. The number of carbonyl (C=O) groups excluding carboxylic acids is 1. The van der Waals surface area contributed by atoms with Gasteiger partial charge in [-0.25, -0.2) is 13.2 Å². The minimum absolute atomic E-state index is 0.00981. The first kappa shape index (κ1) is 20.3. The number of nitrogens with zero attached hydrogens (tertiary/aromatic N) is 1. The van der Waals surface area contributed by atoms with E-state index in [1.165, 1.54) is 18.2 Å². The lowest BCUT2D eigenvalue weighted by Gasteiger charge is -2.42. The molecule has 1 fully saturated rings. The zero-order valence-electron chi connectivity index (χ0n) is 15.4. The van der Waals surface area contributed by atoms with Gasteiger partial charge in [0.1, 0.15) is 35.8 Å². The van der Waals surface area contributed by atoms with Crippen molar-refractivity contribution in [2.75, 3.05) is 25.0 Å². The molecular weight excluding hydrogens is 409 g/mol. The number of alkyl halides is 1. The maximum Gasteiger partial charge on any atom is 0.229 e. The fourth-order valence-corrected chi connectivity index (χ4v) is 4.23. The molecule has 2 N–H and O–H groups in total. The molecule has 2 unspecified atom stereocenters. The van der Waals surface area contributed by atoms with Gasteiger partial charge in [-0.05, 0) is 37.1 Å². The van der Waals surface area contributed by atoms with Gasteiger partial charge in [0.2, 0.25) is 5.91 Å². The summed E-state index contributed by atoms with van der Waals surface area (Å²) in [4.78, 5) is 13.2. The molecule has 2 heterocycles. The highest BCUT2D eigenvalue weighted by molar-refractivity contribution is 6.31. The van der Waals surface area contributed by atoms with E-state index in [0.29, 0.717) is 11.3 Å². The molecular formula is C20H20ClF3N2O3. The lowest BCUT2D eigenvalue weighted by atomic mass is 9.90. The number of aliphatic hydroxyl groups is 1. The third kappa shape index (κ3) is 4.01. The quantitative estimate of drug-likeness (QED) is 0.773. The van der Waals surface area contributed by atoms with Crippen LogP contribution in [0.3, 0.4) is 0 Å². The zero-order valence-corrected chi connectivity index (χ0v) is 16.2. The largest absolute Gasteiger partial charge is 0.490 e. The Kier molecular flexibility index (Phi) is 5.35. The lowest BCUT2D eigenvalue weighted by Crippen LogP contribution is -2.53. The van der Waals surface area contributed by atoms with Crippen molar-refractivity contribution in [2.24, 2.45) is 0 Å². The number of hydrogen-bond acceptors (Lipinski definition) is 4. The Morgan fingerprint density at radius 3 is 2.72 bits per heavy atom. The summed E-state index contributed by atoms with van der Waals surface area (Å²) in [7, 11) is 0. The standard InChI is InChI=1S/C20H20ClF3N2O3/c21-11-7-14(23)19(15(24)8-11)26-5-3-20(28,4-6-26)10-29-16-2-1-13(22)18-12(16)9-17(27)25-18/h1-2,7-8,14,19,28H,3-6,9-10H2,(H,25,27). The summed E-state index contributed by atoms with van der Waals surface area (Å²) in [6.07, 6.45) is 1.24. The minimum Gasteiger partial charge on any atom is -0.490 e. The average Bonchev–Trinajstić information content (AvgIpc) is 3.05. The maximum atomic E-state index is 14.3. The molecule has 1 saturated heterocycles. The smallest absolute Gasteiger partial charge is 0.229 e. The summed E-state index contributed by atoms with van der Waals surface area (Å²) in [6, 6.07) is 1.59. The Morgan fingerprint density at radius 1 is 1.31 bits per heavy atom. The number of fused-ring (bicyclic) bond motifs is 1. The van der Waals surface area contributed by atoms with E-state index >= 15 is 0 Å². The van der Waals surface area contributed by atoms with Gasteiger partial charge in [-0.2, -0.15) is 0 Å². The average molecular weight is 429 g/mol. The Morgan fingerprint density at radius 2 is 2.03 bits per heavy atom. The van der Waals surface area contributed by atoms with Crippen LogP contribution in [0.1, 0.15) is 18.4 Å². The number of allylic oxidation sites excluding steroid dienone is 2. The van der Waals surface area contributed by atoms with Crippen molar-refractivity contribution in [1.82, 2.24) is 4.90 Å². The molecule has 1 aromatic rings. The van der Waals surface area contributed by atoms with E-state index in [1.807, 2.05) is 0 Å². The Balaban J connectivity index is 1.38. The second-order valence-electron chi connectivity index (χ2n) is 7.64. The van der Waals surface area contributed by atoms with E-state index in [4.69, 9.17) is 16.3 Å². The number of rotatable bonds is 4. The van der Waals surface area contributed by atoms with Crippen LogP contribution in [-0.2, 0) is 11.2 Å². The minimum atomic E-state index is -1.55. The van der Waals surface area contributed by atoms with Gasteiger partial charge in [-0.15, -0.1) is 0 Å². The summed E-state index contributed by atoms with van der Waals surface area (Å²) in [6.45, 7) is 0.485. The zero-order chi connectivity index (χ0) is 20.8. The highest BCUT2D eigenvalue weighted by Gasteiger charge is 2.40. The number of ether oxygens (including phenoxy) is 1. The highest BCUT2D eigenvalue weighted by Crippen LogP contribution is 2.36. The van der Waals surface area contributed by atoms with Crippen molar-refractivity contribution in [3.8, 4) is 5.75 Å². The van der Waals surface area contributed by atoms with Gasteiger partial charge in [0, 0.05) is 23.7 Å². The molecule has 1 aliphatic carbocycles. The van der Waals surface area contributed by atoms with Gasteiger partial charge in [0.25, 0.3) is 0 Å². The van der Waals surface area contributed by atoms with Crippen molar-refractivity contribution in [3.63, 3.8) is 0 Å². The molecule has 0 bridgehead atoms. The number of likely N-dealkylation sites (tertiary alicyclic amines) is 1. The molecule has 5 nitrogen and oxygen atoms in total. The van der Waals surface area contributed by atoms with Crippen LogP contribution in [0.15, 0.2) is 35.1 Å². The summed E-state index contributed by atoms with van der Waals surface area (Å²) in [5, 5.41) is 13.3. The van der Waals surface area contributed by atoms with Crippen LogP contribution in [0.4, 0.5) is 18.9 Å². The molecule has 156 valence electrons. The number of carbonyl (C=O) groups is 1. The molecule has 0 saturated carbocycles. The molecule has 2 atom stereocenters. The summed E-state index contributed by atoms with van der Waals surface area (Å²) >= 11 is 5.70. The predicted octanol–water partition coefficient (Wildman–Crippen LogP) is 3.22. The fraction of sp³-hybridized carbons (Fsp3) is 0.450. The van der Waals surface area contributed by atoms with Crippen molar-refractivity contribution >= 4 is 23.2 Å². The van der Waals surface area contributed by atoms with E-state index in [2.05, 4.69) is 5.32 Å². The van der Waals surface area contributed by atoms with Crippen LogP contribution in [0, 0.1) is 5.82 Å². The molecule has 0 spiro atoms. The molecule has 2 aliphatic heterocycles. The SMILES string of the molecule is O=C1Cc2c(OCC3(O)CCN(C4C(F)=CC(Cl)=CC4F)CC3)ccc(F)c2N1. The van der Waals surface area contributed by atoms with Crippen molar-refractivity contribution in [1.29, 1.82) is 0 Å². The topological polar surface area (TPSA) is 61.8 Å². The second kappa shape index (κ2) is 7.66. The molecule has 29 heavy (non-hydrogen) atoms. The van der Waals surface area contributed by atoms with E-state index < -0.39 is 29.5 Å². The van der Waals surface area contributed by atoms with Crippen LogP contribution in [0.2, 0.25) is 0 Å². The molecule has 9 heteroatoms. The Hall–Kier alpha value is -2.03. The number of halogens is 4. The summed E-state index contributed by atoms with van der Waals surface area (Å²) in [5.74, 6) is -1.16. The Labute approximate surface area is 170 Å². The maximum absolute atomic E-state index is 14.3. The van der Waals surface area contributed by atoms with E-state index in [-0.39, 0.29) is 55.6 Å². The van der Waals surface area contributed by atoms with Crippen LogP contribution in [0.5, 0.6) is 5.75 Å². The molecule has 1 aromatic carbocycles. The first-order valence-corrected chi connectivity index (χ1v) is 9.72. The van der Waals surface area contributed by atoms with Gasteiger partial charge >= 0.3 is 0 Å². The van der Waals surface area contributed by atoms with Crippen molar-refractivity contribution in [3.05, 3.63) is 46.5 Å². The number of nitrogens with one attached hydrogen (secondary N) is 1. The van der Waals surface area contributed by atoms with E-state index in [1.54, 1.807) is 4.90 Å². The van der Waals surface area contributed by atoms with Crippen LogP contribution < -0.4 is 10.1 Å². The van der Waals surface area contributed by atoms with E-state index in [9.17, 15) is 23.1 Å².